The lowest BCUT2D eigenvalue weighted by Crippen LogP contribution is -2.24. The van der Waals surface area contributed by atoms with Crippen molar-refractivity contribution in [2.24, 2.45) is 4.99 Å². The molecule has 0 bridgehead atoms. The zero-order valence-corrected chi connectivity index (χ0v) is 9.73. The maximum atomic E-state index is 11.4. The van der Waals surface area contributed by atoms with Gasteiger partial charge < -0.3 is 5.11 Å². The maximum absolute atomic E-state index is 11.4. The second-order valence-electron chi connectivity index (χ2n) is 3.38. The highest BCUT2D eigenvalue weighted by Gasteiger charge is 2.05. The van der Waals surface area contributed by atoms with E-state index >= 15 is 0 Å². The molecule has 0 fully saturated rings. The number of hydrogen-bond acceptors (Lipinski definition) is 4. The summed E-state index contributed by atoms with van der Waals surface area (Å²) in [5, 5.41) is 9.83. The van der Waals surface area contributed by atoms with Crippen LogP contribution in [0.15, 0.2) is 38.8 Å². The molecule has 2 rings (SSSR count). The van der Waals surface area contributed by atoms with Gasteiger partial charge >= 0.3 is 5.69 Å². The van der Waals surface area contributed by atoms with Crippen LogP contribution in [0.4, 0.5) is 5.69 Å². The third-order valence-corrected chi connectivity index (χ3v) is 2.46. The predicted molar refractivity (Wildman–Crippen MR) is 68.1 cm³/mol. The number of aromatic nitrogens is 2. The van der Waals surface area contributed by atoms with Crippen molar-refractivity contribution >= 4 is 23.5 Å². The van der Waals surface area contributed by atoms with E-state index in [2.05, 4.69) is 9.98 Å². The maximum Gasteiger partial charge on any atom is 0.328 e. The first kappa shape index (κ1) is 12.1. The highest BCUT2D eigenvalue weighted by atomic mass is 35.5. The fourth-order valence-corrected chi connectivity index (χ4v) is 1.48. The topological polar surface area (TPSA) is 98.3 Å². The number of nitrogens with one attached hydrogen (secondary N) is 2. The van der Waals surface area contributed by atoms with Gasteiger partial charge in [0, 0.05) is 6.21 Å². The van der Waals surface area contributed by atoms with Gasteiger partial charge in [0.1, 0.15) is 5.56 Å². The first-order chi connectivity index (χ1) is 8.58. The molecular formula is C11H8ClN3O3. The predicted octanol–water partition coefficient (Wildman–Crippen LogP) is 1.17. The fourth-order valence-electron chi connectivity index (χ4n) is 1.29. The summed E-state index contributed by atoms with van der Waals surface area (Å²) in [5.74, 6) is -0.542. The van der Waals surface area contributed by atoms with Crippen molar-refractivity contribution in [2.45, 2.75) is 0 Å². The third kappa shape index (κ3) is 2.49. The number of hydrogen-bond donors (Lipinski definition) is 3. The number of rotatable bonds is 2. The van der Waals surface area contributed by atoms with Crippen molar-refractivity contribution in [3.63, 3.8) is 0 Å². The molecule has 3 N–H and O–H groups in total. The summed E-state index contributed by atoms with van der Waals surface area (Å²) in [5.41, 5.74) is -1.21. The molecule has 0 radical (unpaired) electrons. The van der Waals surface area contributed by atoms with Crippen molar-refractivity contribution in [2.75, 3.05) is 0 Å². The Morgan fingerprint density at radius 1 is 1.22 bits per heavy atom. The van der Waals surface area contributed by atoms with Crippen LogP contribution in [-0.4, -0.2) is 21.3 Å². The molecule has 92 valence electrons. The van der Waals surface area contributed by atoms with Gasteiger partial charge in [0.15, 0.2) is 0 Å². The van der Waals surface area contributed by atoms with Crippen LogP contribution in [0.5, 0.6) is 5.88 Å². The van der Waals surface area contributed by atoms with Crippen LogP contribution in [0.3, 0.4) is 0 Å². The molecule has 7 heteroatoms. The average Bonchev–Trinajstić information content (AvgIpc) is 2.30. The molecule has 0 saturated carbocycles. The Morgan fingerprint density at radius 2 is 1.94 bits per heavy atom. The van der Waals surface area contributed by atoms with Crippen LogP contribution >= 0.6 is 11.6 Å². The zero-order valence-electron chi connectivity index (χ0n) is 8.98. The van der Waals surface area contributed by atoms with E-state index in [0.29, 0.717) is 10.7 Å². The summed E-state index contributed by atoms with van der Waals surface area (Å²) in [7, 11) is 0. The lowest BCUT2D eigenvalue weighted by molar-refractivity contribution is 0.447. The van der Waals surface area contributed by atoms with Gasteiger partial charge in [-0.05, 0) is 12.1 Å². The van der Waals surface area contributed by atoms with Crippen LogP contribution in [0.25, 0.3) is 0 Å². The van der Waals surface area contributed by atoms with Crippen LogP contribution in [0.2, 0.25) is 5.02 Å². The minimum absolute atomic E-state index is 0.144. The molecule has 0 spiro atoms. The molecular weight excluding hydrogens is 258 g/mol. The normalized spacial score (nSPS) is 10.9. The Bertz CT molecular complexity index is 718. The van der Waals surface area contributed by atoms with Gasteiger partial charge in [0.2, 0.25) is 5.88 Å². The second-order valence-corrected chi connectivity index (χ2v) is 3.79. The molecule has 0 amide bonds. The summed E-state index contributed by atoms with van der Waals surface area (Å²) in [6.45, 7) is 0. The van der Waals surface area contributed by atoms with Gasteiger partial charge in [0.05, 0.1) is 10.7 Å². The molecule has 0 unspecified atom stereocenters. The van der Waals surface area contributed by atoms with Gasteiger partial charge in [-0.25, -0.2) is 4.79 Å². The fraction of sp³-hybridized carbons (Fsp3) is 0. The molecule has 0 aliphatic rings. The molecule has 0 atom stereocenters. The first-order valence-electron chi connectivity index (χ1n) is 4.92. The second kappa shape index (κ2) is 4.89. The summed E-state index contributed by atoms with van der Waals surface area (Å²) >= 11 is 5.88. The van der Waals surface area contributed by atoms with E-state index in [1.165, 1.54) is 0 Å². The number of aromatic amines is 2. The highest BCUT2D eigenvalue weighted by Crippen LogP contribution is 2.23. The Balaban J connectivity index is 2.45. The summed E-state index contributed by atoms with van der Waals surface area (Å²) in [6.07, 6.45) is 1.13. The number of para-hydroxylation sites is 1. The van der Waals surface area contributed by atoms with Crippen molar-refractivity contribution in [1.82, 2.24) is 9.97 Å². The van der Waals surface area contributed by atoms with Crippen LogP contribution in [-0.2, 0) is 0 Å². The van der Waals surface area contributed by atoms with Crippen molar-refractivity contribution in [3.05, 3.63) is 55.7 Å². The van der Waals surface area contributed by atoms with Crippen LogP contribution in [0, 0.1) is 0 Å². The summed E-state index contributed by atoms with van der Waals surface area (Å²) < 4.78 is 0. The van der Waals surface area contributed by atoms with Gasteiger partial charge in [-0.3, -0.25) is 19.8 Å². The van der Waals surface area contributed by atoms with Crippen molar-refractivity contribution < 1.29 is 5.11 Å². The van der Waals surface area contributed by atoms with Gasteiger partial charge in [-0.2, -0.15) is 0 Å². The molecule has 2 aromatic rings. The van der Waals surface area contributed by atoms with E-state index in [9.17, 15) is 14.7 Å². The summed E-state index contributed by atoms with van der Waals surface area (Å²) in [6, 6.07) is 6.77. The molecule has 1 aromatic heterocycles. The molecule has 6 nitrogen and oxygen atoms in total. The highest BCUT2D eigenvalue weighted by molar-refractivity contribution is 6.33. The van der Waals surface area contributed by atoms with E-state index in [1.54, 1.807) is 24.3 Å². The van der Waals surface area contributed by atoms with Crippen molar-refractivity contribution in [3.8, 4) is 5.88 Å². The van der Waals surface area contributed by atoms with E-state index in [1.807, 2.05) is 4.98 Å². The lowest BCUT2D eigenvalue weighted by Gasteiger charge is -1.98. The number of nitrogens with zero attached hydrogens (tertiary/aromatic N) is 1. The molecule has 1 heterocycles. The minimum Gasteiger partial charge on any atom is -0.494 e. The largest absolute Gasteiger partial charge is 0.494 e. The smallest absolute Gasteiger partial charge is 0.328 e. The van der Waals surface area contributed by atoms with Gasteiger partial charge in [0.25, 0.3) is 5.56 Å². The van der Waals surface area contributed by atoms with E-state index in [-0.39, 0.29) is 5.56 Å². The van der Waals surface area contributed by atoms with Crippen molar-refractivity contribution in [1.29, 1.82) is 0 Å². The SMILES string of the molecule is O=c1[nH]c(O)c(C=Nc2ccccc2Cl)c(=O)[nH]1. The average molecular weight is 266 g/mol. The van der Waals surface area contributed by atoms with Crippen LogP contribution < -0.4 is 11.2 Å². The standard InChI is InChI=1S/C11H8ClN3O3/c12-7-3-1-2-4-8(7)13-5-6-9(16)14-11(18)15-10(6)17/h1-5H,(H3,14,15,16,17,18). The molecule has 1 aromatic carbocycles. The summed E-state index contributed by atoms with van der Waals surface area (Å²) in [4.78, 5) is 30.3. The van der Waals surface area contributed by atoms with E-state index in [0.717, 1.165) is 6.21 Å². The quantitative estimate of drug-likeness (QED) is 0.711. The minimum atomic E-state index is -0.785. The Kier molecular flexibility index (Phi) is 3.29. The first-order valence-corrected chi connectivity index (χ1v) is 5.30. The Labute approximate surface area is 106 Å². The van der Waals surface area contributed by atoms with E-state index in [4.69, 9.17) is 11.6 Å². The number of aliphatic imine (C=N–C) groups is 1. The Morgan fingerprint density at radius 3 is 2.61 bits per heavy atom. The molecule has 0 saturated heterocycles. The number of H-pyrrole nitrogens is 2. The number of aromatic hydroxyl groups is 1. The van der Waals surface area contributed by atoms with Gasteiger partial charge in [-0.1, -0.05) is 23.7 Å². The molecule has 0 aliphatic heterocycles. The molecule has 18 heavy (non-hydrogen) atoms. The number of benzene rings is 1. The Hall–Kier alpha value is -2.34. The number of halogens is 1. The zero-order chi connectivity index (χ0) is 13.1. The van der Waals surface area contributed by atoms with Gasteiger partial charge in [-0.15, -0.1) is 0 Å². The molecule has 0 aliphatic carbocycles. The van der Waals surface area contributed by atoms with Crippen LogP contribution in [0.1, 0.15) is 5.56 Å². The van der Waals surface area contributed by atoms with E-state index < -0.39 is 17.1 Å². The lowest BCUT2D eigenvalue weighted by atomic mass is 10.3. The third-order valence-electron chi connectivity index (χ3n) is 2.14. The monoisotopic (exact) mass is 265 g/mol.